The highest BCUT2D eigenvalue weighted by molar-refractivity contribution is 5.93. The molecule has 5 rings (SSSR count). The number of hydrogen-bond acceptors (Lipinski definition) is 6. The molecule has 3 aromatic rings. The summed E-state index contributed by atoms with van der Waals surface area (Å²) >= 11 is 0. The van der Waals surface area contributed by atoms with Gasteiger partial charge in [0.25, 0.3) is 11.6 Å². The second-order valence-corrected chi connectivity index (χ2v) is 8.34. The van der Waals surface area contributed by atoms with Crippen molar-refractivity contribution in [1.82, 2.24) is 24.8 Å². The van der Waals surface area contributed by atoms with Crippen LogP contribution in [0.4, 0.5) is 5.69 Å². The summed E-state index contributed by atoms with van der Waals surface area (Å²) in [5.74, 6) is 0.267. The van der Waals surface area contributed by atoms with Crippen molar-refractivity contribution in [3.05, 3.63) is 81.7 Å². The highest BCUT2D eigenvalue weighted by atomic mass is 16.6. The molecule has 164 valence electrons. The number of rotatable bonds is 6. The maximum Gasteiger partial charge on any atom is 0.276 e. The number of nitro groups is 1. The standard InChI is InChI=1S/C23H24N6O3/c30-23(21-22(18-9-10-18)28(25-24-21)19-6-2-1-3-7-19)27-13-11-26(12-14-27)16-17-5-4-8-20(15-17)29(31)32/h1-8,15,18H,9-14,16H2. The van der Waals surface area contributed by atoms with E-state index in [9.17, 15) is 14.9 Å². The van der Waals surface area contributed by atoms with E-state index in [0.29, 0.717) is 44.3 Å². The lowest BCUT2D eigenvalue weighted by Gasteiger charge is -2.34. The van der Waals surface area contributed by atoms with Gasteiger partial charge in [-0.15, -0.1) is 5.10 Å². The second kappa shape index (κ2) is 8.51. The third kappa shape index (κ3) is 4.11. The molecule has 1 saturated carbocycles. The minimum Gasteiger partial charge on any atom is -0.335 e. The number of para-hydroxylation sites is 1. The van der Waals surface area contributed by atoms with Crippen LogP contribution in [0.15, 0.2) is 54.6 Å². The van der Waals surface area contributed by atoms with E-state index in [1.54, 1.807) is 12.1 Å². The number of nitrogens with zero attached hydrogens (tertiary/aromatic N) is 6. The predicted molar refractivity (Wildman–Crippen MR) is 118 cm³/mol. The summed E-state index contributed by atoms with van der Waals surface area (Å²) in [6.45, 7) is 3.23. The maximum atomic E-state index is 13.3. The van der Waals surface area contributed by atoms with Crippen LogP contribution in [0, 0.1) is 10.1 Å². The third-order valence-corrected chi connectivity index (χ3v) is 6.06. The third-order valence-electron chi connectivity index (χ3n) is 6.06. The van der Waals surface area contributed by atoms with Crippen LogP contribution in [0.5, 0.6) is 0 Å². The Labute approximate surface area is 185 Å². The Morgan fingerprint density at radius 3 is 2.47 bits per heavy atom. The summed E-state index contributed by atoms with van der Waals surface area (Å²) in [6.07, 6.45) is 2.11. The number of non-ortho nitro benzene ring substituents is 1. The van der Waals surface area contributed by atoms with Gasteiger partial charge in [-0.25, -0.2) is 4.68 Å². The summed E-state index contributed by atoms with van der Waals surface area (Å²) < 4.78 is 1.81. The number of aromatic nitrogens is 3. The van der Waals surface area contributed by atoms with Gasteiger partial charge >= 0.3 is 0 Å². The van der Waals surface area contributed by atoms with E-state index in [-0.39, 0.29) is 16.5 Å². The first-order valence-corrected chi connectivity index (χ1v) is 10.9. The van der Waals surface area contributed by atoms with Crippen LogP contribution in [0.1, 0.15) is 40.5 Å². The van der Waals surface area contributed by atoms with Crippen molar-refractivity contribution < 1.29 is 9.72 Å². The number of hydrogen-bond donors (Lipinski definition) is 0. The molecule has 2 fully saturated rings. The lowest BCUT2D eigenvalue weighted by Crippen LogP contribution is -2.48. The van der Waals surface area contributed by atoms with Gasteiger partial charge in [-0.1, -0.05) is 35.5 Å². The van der Waals surface area contributed by atoms with Crippen molar-refractivity contribution in [3.63, 3.8) is 0 Å². The molecule has 2 aromatic carbocycles. The van der Waals surface area contributed by atoms with Gasteiger partial charge in [-0.2, -0.15) is 0 Å². The van der Waals surface area contributed by atoms with Crippen molar-refractivity contribution in [2.24, 2.45) is 0 Å². The van der Waals surface area contributed by atoms with Crippen LogP contribution >= 0.6 is 0 Å². The molecule has 1 saturated heterocycles. The molecule has 0 bridgehead atoms. The zero-order chi connectivity index (χ0) is 22.1. The maximum absolute atomic E-state index is 13.3. The highest BCUT2D eigenvalue weighted by Crippen LogP contribution is 2.42. The van der Waals surface area contributed by atoms with E-state index in [1.807, 2.05) is 46.0 Å². The molecule has 1 aliphatic carbocycles. The fourth-order valence-electron chi connectivity index (χ4n) is 4.21. The molecule has 1 aromatic heterocycles. The van der Waals surface area contributed by atoms with E-state index in [2.05, 4.69) is 15.2 Å². The van der Waals surface area contributed by atoms with E-state index >= 15 is 0 Å². The molecule has 0 N–H and O–H groups in total. The average molecular weight is 432 g/mol. The number of piperazine rings is 1. The quantitative estimate of drug-likeness (QED) is 0.439. The van der Waals surface area contributed by atoms with Crippen molar-refractivity contribution in [3.8, 4) is 5.69 Å². The largest absolute Gasteiger partial charge is 0.335 e. The van der Waals surface area contributed by atoms with Gasteiger partial charge in [0.1, 0.15) is 0 Å². The predicted octanol–water partition coefficient (Wildman–Crippen LogP) is 3.01. The number of amides is 1. The molecule has 0 spiro atoms. The van der Waals surface area contributed by atoms with E-state index in [1.165, 1.54) is 6.07 Å². The molecule has 0 atom stereocenters. The molecular formula is C23H24N6O3. The molecular weight excluding hydrogens is 408 g/mol. The van der Waals surface area contributed by atoms with Crippen molar-refractivity contribution in [2.45, 2.75) is 25.3 Å². The van der Waals surface area contributed by atoms with Gasteiger partial charge in [0.2, 0.25) is 0 Å². The van der Waals surface area contributed by atoms with Gasteiger partial charge in [-0.05, 0) is 30.5 Å². The zero-order valence-corrected chi connectivity index (χ0v) is 17.6. The van der Waals surface area contributed by atoms with Crippen LogP contribution in [-0.2, 0) is 6.54 Å². The van der Waals surface area contributed by atoms with Gasteiger partial charge in [0, 0.05) is 50.8 Å². The van der Waals surface area contributed by atoms with Crippen LogP contribution in [-0.4, -0.2) is 61.8 Å². The van der Waals surface area contributed by atoms with Crippen molar-refractivity contribution in [2.75, 3.05) is 26.2 Å². The number of benzene rings is 2. The van der Waals surface area contributed by atoms with Crippen LogP contribution in [0.25, 0.3) is 5.69 Å². The Balaban J connectivity index is 1.27. The smallest absolute Gasteiger partial charge is 0.276 e. The highest BCUT2D eigenvalue weighted by Gasteiger charge is 2.36. The summed E-state index contributed by atoms with van der Waals surface area (Å²) in [5, 5.41) is 19.6. The van der Waals surface area contributed by atoms with Gasteiger partial charge in [0.15, 0.2) is 5.69 Å². The van der Waals surface area contributed by atoms with E-state index in [4.69, 9.17) is 0 Å². The molecule has 1 aliphatic heterocycles. The van der Waals surface area contributed by atoms with Crippen molar-refractivity contribution >= 4 is 11.6 Å². The second-order valence-electron chi connectivity index (χ2n) is 8.34. The Kier molecular flexibility index (Phi) is 5.40. The van der Waals surface area contributed by atoms with E-state index < -0.39 is 0 Å². The van der Waals surface area contributed by atoms with Crippen LogP contribution < -0.4 is 0 Å². The molecule has 9 nitrogen and oxygen atoms in total. The van der Waals surface area contributed by atoms with Gasteiger partial charge in [-0.3, -0.25) is 19.8 Å². The summed E-state index contributed by atoms with van der Waals surface area (Å²) in [4.78, 5) is 28.0. The lowest BCUT2D eigenvalue weighted by atomic mass is 10.1. The first kappa shape index (κ1) is 20.3. The number of nitro benzene ring substituents is 1. The van der Waals surface area contributed by atoms with Gasteiger partial charge in [0.05, 0.1) is 16.3 Å². The molecule has 32 heavy (non-hydrogen) atoms. The number of carbonyl (C=O) groups is 1. The molecule has 1 amide bonds. The normalized spacial score (nSPS) is 16.8. The topological polar surface area (TPSA) is 97.4 Å². The summed E-state index contributed by atoms with van der Waals surface area (Å²) in [5.41, 5.74) is 3.30. The first-order chi connectivity index (χ1) is 15.6. The summed E-state index contributed by atoms with van der Waals surface area (Å²) in [7, 11) is 0. The molecule has 2 heterocycles. The fraction of sp³-hybridized carbons (Fsp3) is 0.348. The molecule has 0 radical (unpaired) electrons. The van der Waals surface area contributed by atoms with Crippen molar-refractivity contribution in [1.29, 1.82) is 0 Å². The first-order valence-electron chi connectivity index (χ1n) is 10.9. The Morgan fingerprint density at radius 1 is 1.03 bits per heavy atom. The fourth-order valence-corrected chi connectivity index (χ4v) is 4.21. The minimum absolute atomic E-state index is 0.0657. The zero-order valence-electron chi connectivity index (χ0n) is 17.6. The molecule has 2 aliphatic rings. The lowest BCUT2D eigenvalue weighted by molar-refractivity contribution is -0.384. The molecule has 0 unspecified atom stereocenters. The minimum atomic E-state index is -0.375. The number of carbonyl (C=O) groups excluding carboxylic acids is 1. The van der Waals surface area contributed by atoms with Crippen LogP contribution in [0.2, 0.25) is 0 Å². The monoisotopic (exact) mass is 432 g/mol. The summed E-state index contributed by atoms with van der Waals surface area (Å²) in [6, 6.07) is 16.5. The van der Waals surface area contributed by atoms with Crippen LogP contribution in [0.3, 0.4) is 0 Å². The van der Waals surface area contributed by atoms with E-state index in [0.717, 1.165) is 29.8 Å². The SMILES string of the molecule is O=C(c1nnn(-c2ccccc2)c1C1CC1)N1CCN(Cc2cccc([N+](=O)[O-])c2)CC1. The Hall–Kier alpha value is -3.59. The van der Waals surface area contributed by atoms with Gasteiger partial charge < -0.3 is 4.90 Å². The Bertz CT molecular complexity index is 1130. The molecule has 9 heteroatoms. The average Bonchev–Trinajstić information content (AvgIpc) is 3.57. The Morgan fingerprint density at radius 2 is 1.78 bits per heavy atom.